The molecule has 0 unspecified atom stereocenters. The summed E-state index contributed by atoms with van der Waals surface area (Å²) < 4.78 is 22.2. The number of hydrogen-bond donors (Lipinski definition) is 1. The summed E-state index contributed by atoms with van der Waals surface area (Å²) in [6.07, 6.45) is 1.19. The Morgan fingerprint density at radius 2 is 1.55 bits per heavy atom. The van der Waals surface area contributed by atoms with E-state index in [1.165, 1.54) is 0 Å². The van der Waals surface area contributed by atoms with Gasteiger partial charge in [0.2, 0.25) is 11.7 Å². The van der Waals surface area contributed by atoms with Crippen molar-refractivity contribution in [2.24, 2.45) is 0 Å². The van der Waals surface area contributed by atoms with E-state index >= 15 is 0 Å². The van der Waals surface area contributed by atoms with Gasteiger partial charge in [-0.2, -0.15) is 0 Å². The Balaban J connectivity index is 1.73. The monoisotopic (exact) mass is 542 g/mol. The SMILES string of the molecule is CCC(=O)N1c2ccccc2NC2=C(C(=O)C[C@H](c3ccc(OC)cc3)C2)[C@@H]1c1cc(OC)c(OC)c(OC)c1. The van der Waals surface area contributed by atoms with Crippen LogP contribution in [0.4, 0.5) is 11.4 Å². The number of Topliss-reactive ketones (excluding diaryl/α,β-unsaturated/α-hetero) is 1. The lowest BCUT2D eigenvalue weighted by atomic mass is 9.78. The van der Waals surface area contributed by atoms with Crippen LogP contribution in [0.3, 0.4) is 0 Å². The van der Waals surface area contributed by atoms with Crippen molar-refractivity contribution in [3.05, 3.63) is 83.1 Å². The highest BCUT2D eigenvalue weighted by Gasteiger charge is 2.42. The van der Waals surface area contributed by atoms with Gasteiger partial charge < -0.3 is 24.3 Å². The first-order valence-corrected chi connectivity index (χ1v) is 13.3. The molecule has 0 fully saturated rings. The van der Waals surface area contributed by atoms with Crippen molar-refractivity contribution in [2.75, 3.05) is 38.7 Å². The van der Waals surface area contributed by atoms with E-state index in [0.29, 0.717) is 46.9 Å². The Morgan fingerprint density at radius 3 is 2.15 bits per heavy atom. The topological polar surface area (TPSA) is 86.3 Å². The Hall–Kier alpha value is -4.46. The summed E-state index contributed by atoms with van der Waals surface area (Å²) in [5.74, 6) is 1.97. The summed E-state index contributed by atoms with van der Waals surface area (Å²) in [6.45, 7) is 1.83. The Bertz CT molecular complexity index is 1440. The van der Waals surface area contributed by atoms with Gasteiger partial charge >= 0.3 is 0 Å². The summed E-state index contributed by atoms with van der Waals surface area (Å²) in [4.78, 5) is 29.6. The number of ketones is 1. The lowest BCUT2D eigenvalue weighted by Gasteiger charge is -2.35. The molecule has 5 rings (SSSR count). The molecule has 3 aromatic rings. The standard InChI is InChI=1S/C32H34N2O6/c1-6-29(36)34-25-10-8-7-9-23(25)33-24-15-20(19-11-13-22(37-2)14-12-19)16-26(35)30(24)31(34)21-17-27(38-3)32(40-5)28(18-21)39-4/h7-14,17-18,20,31,33H,6,15-16H2,1-5H3/t20-,31+/m1/s1. The van der Waals surface area contributed by atoms with E-state index in [9.17, 15) is 9.59 Å². The van der Waals surface area contributed by atoms with Crippen LogP contribution in [0.5, 0.6) is 23.0 Å². The zero-order valence-corrected chi connectivity index (χ0v) is 23.4. The van der Waals surface area contributed by atoms with Crippen LogP contribution in [0.15, 0.2) is 71.9 Å². The molecule has 2 aliphatic rings. The van der Waals surface area contributed by atoms with E-state index in [0.717, 1.165) is 22.7 Å². The smallest absolute Gasteiger partial charge is 0.227 e. The quantitative estimate of drug-likeness (QED) is 0.390. The number of allylic oxidation sites excluding steroid dienone is 1. The second-order valence-electron chi connectivity index (χ2n) is 9.81. The van der Waals surface area contributed by atoms with E-state index in [1.807, 2.05) is 67.6 Å². The second-order valence-corrected chi connectivity index (χ2v) is 9.81. The molecule has 0 spiro atoms. The number of methoxy groups -OCH3 is 4. The minimum absolute atomic E-state index is 0.0185. The molecule has 0 aromatic heterocycles. The molecule has 1 aliphatic carbocycles. The first kappa shape index (κ1) is 27.1. The van der Waals surface area contributed by atoms with Gasteiger partial charge in [-0.1, -0.05) is 31.2 Å². The van der Waals surface area contributed by atoms with Crippen molar-refractivity contribution in [1.82, 2.24) is 0 Å². The zero-order valence-electron chi connectivity index (χ0n) is 23.4. The highest BCUT2D eigenvalue weighted by atomic mass is 16.5. The van der Waals surface area contributed by atoms with Gasteiger partial charge in [-0.3, -0.25) is 14.5 Å². The van der Waals surface area contributed by atoms with Gasteiger partial charge in [0.25, 0.3) is 0 Å². The lowest BCUT2D eigenvalue weighted by molar-refractivity contribution is -0.119. The molecule has 1 aliphatic heterocycles. The molecule has 0 radical (unpaired) electrons. The second kappa shape index (κ2) is 11.3. The van der Waals surface area contributed by atoms with Crippen LogP contribution < -0.4 is 29.2 Å². The number of rotatable bonds is 7. The van der Waals surface area contributed by atoms with Crippen molar-refractivity contribution in [2.45, 2.75) is 38.1 Å². The van der Waals surface area contributed by atoms with Gasteiger partial charge in [-0.05, 0) is 59.9 Å². The lowest BCUT2D eigenvalue weighted by Crippen LogP contribution is -2.38. The Morgan fingerprint density at radius 1 is 0.875 bits per heavy atom. The molecular weight excluding hydrogens is 508 g/mol. The number of carbonyl (C=O) groups is 2. The number of nitrogens with zero attached hydrogens (tertiary/aromatic N) is 1. The van der Waals surface area contributed by atoms with Crippen LogP contribution in [-0.4, -0.2) is 40.1 Å². The highest BCUT2D eigenvalue weighted by molar-refractivity contribution is 6.06. The number of ether oxygens (including phenoxy) is 4. The molecule has 8 heteroatoms. The molecule has 208 valence electrons. The van der Waals surface area contributed by atoms with Crippen LogP contribution in [0.25, 0.3) is 0 Å². The predicted molar refractivity (Wildman–Crippen MR) is 154 cm³/mol. The normalized spacial score (nSPS) is 18.2. The van der Waals surface area contributed by atoms with Gasteiger partial charge in [-0.25, -0.2) is 0 Å². The van der Waals surface area contributed by atoms with Crippen molar-refractivity contribution in [3.8, 4) is 23.0 Å². The largest absolute Gasteiger partial charge is 0.497 e. The van der Waals surface area contributed by atoms with E-state index < -0.39 is 6.04 Å². The van der Waals surface area contributed by atoms with Gasteiger partial charge in [-0.15, -0.1) is 0 Å². The number of benzene rings is 3. The van der Waals surface area contributed by atoms with Crippen LogP contribution in [-0.2, 0) is 9.59 Å². The van der Waals surface area contributed by atoms with Crippen LogP contribution >= 0.6 is 0 Å². The number of carbonyl (C=O) groups excluding carboxylic acids is 2. The Labute approximate surface area is 234 Å². The van der Waals surface area contributed by atoms with Crippen LogP contribution in [0.2, 0.25) is 0 Å². The summed E-state index contributed by atoms with van der Waals surface area (Å²) in [5, 5.41) is 3.56. The number of amides is 1. The van der Waals surface area contributed by atoms with Crippen LogP contribution in [0.1, 0.15) is 49.3 Å². The third-order valence-electron chi connectivity index (χ3n) is 7.65. The molecular formula is C32H34N2O6. The summed E-state index contributed by atoms with van der Waals surface area (Å²) >= 11 is 0. The van der Waals surface area contributed by atoms with E-state index in [2.05, 4.69) is 5.32 Å². The van der Waals surface area contributed by atoms with E-state index in [4.69, 9.17) is 18.9 Å². The number of nitrogens with one attached hydrogen (secondary N) is 1. The number of para-hydroxylation sites is 2. The van der Waals surface area contributed by atoms with Crippen molar-refractivity contribution >= 4 is 23.1 Å². The third-order valence-corrected chi connectivity index (χ3v) is 7.65. The fourth-order valence-corrected chi connectivity index (χ4v) is 5.72. The minimum Gasteiger partial charge on any atom is -0.497 e. The number of fused-ring (bicyclic) bond motifs is 1. The molecule has 1 amide bonds. The van der Waals surface area contributed by atoms with E-state index in [1.54, 1.807) is 33.3 Å². The predicted octanol–water partition coefficient (Wildman–Crippen LogP) is 6.03. The fraction of sp³-hybridized carbons (Fsp3) is 0.312. The van der Waals surface area contributed by atoms with Gasteiger partial charge in [0.05, 0.1) is 45.9 Å². The molecule has 1 N–H and O–H groups in total. The fourth-order valence-electron chi connectivity index (χ4n) is 5.72. The molecule has 3 aromatic carbocycles. The minimum atomic E-state index is -0.698. The third kappa shape index (κ3) is 4.74. The molecule has 2 atom stereocenters. The molecule has 0 saturated heterocycles. The van der Waals surface area contributed by atoms with Crippen molar-refractivity contribution in [3.63, 3.8) is 0 Å². The van der Waals surface area contributed by atoms with Gasteiger partial charge in [0.1, 0.15) is 5.75 Å². The van der Waals surface area contributed by atoms with Gasteiger partial charge in [0.15, 0.2) is 17.3 Å². The average molecular weight is 543 g/mol. The maximum absolute atomic E-state index is 14.2. The molecule has 1 heterocycles. The average Bonchev–Trinajstić information content (AvgIpc) is 3.14. The van der Waals surface area contributed by atoms with Gasteiger partial charge in [0, 0.05) is 24.1 Å². The number of hydrogen-bond acceptors (Lipinski definition) is 7. The first-order chi connectivity index (χ1) is 19.4. The zero-order chi connectivity index (χ0) is 28.4. The first-order valence-electron chi connectivity index (χ1n) is 13.3. The highest BCUT2D eigenvalue weighted by Crippen LogP contribution is 2.50. The summed E-state index contributed by atoms with van der Waals surface area (Å²) in [7, 11) is 6.28. The van der Waals surface area contributed by atoms with E-state index in [-0.39, 0.29) is 24.0 Å². The molecule has 8 nitrogen and oxygen atoms in total. The van der Waals surface area contributed by atoms with Crippen molar-refractivity contribution in [1.29, 1.82) is 0 Å². The molecule has 0 saturated carbocycles. The number of anilines is 2. The van der Waals surface area contributed by atoms with Crippen molar-refractivity contribution < 1.29 is 28.5 Å². The Kier molecular flexibility index (Phi) is 7.69. The molecule has 40 heavy (non-hydrogen) atoms. The molecule has 0 bridgehead atoms. The maximum atomic E-state index is 14.2. The summed E-state index contributed by atoms with van der Waals surface area (Å²) in [5.41, 5.74) is 4.60. The summed E-state index contributed by atoms with van der Waals surface area (Å²) in [6, 6.07) is 18.5. The maximum Gasteiger partial charge on any atom is 0.227 e. The van der Waals surface area contributed by atoms with Crippen LogP contribution in [0, 0.1) is 0 Å².